The summed E-state index contributed by atoms with van der Waals surface area (Å²) < 4.78 is 6.54. The number of thioether (sulfide) groups is 1. The molecule has 21 heavy (non-hydrogen) atoms. The molecule has 7 heteroatoms. The van der Waals surface area contributed by atoms with Crippen LogP contribution in [0.4, 0.5) is 0 Å². The summed E-state index contributed by atoms with van der Waals surface area (Å²) in [6.45, 7) is 1.77. The summed E-state index contributed by atoms with van der Waals surface area (Å²) >= 11 is 2.97. The third kappa shape index (κ3) is 4.71. The average molecular weight is 324 g/mol. The second kappa shape index (κ2) is 7.42. The lowest BCUT2D eigenvalue weighted by atomic mass is 10.2. The Morgan fingerprint density at radius 3 is 2.90 bits per heavy atom. The van der Waals surface area contributed by atoms with E-state index in [1.807, 2.05) is 24.3 Å². The number of carbonyl (C=O) groups is 2. The van der Waals surface area contributed by atoms with Gasteiger partial charge in [-0.25, -0.2) is 4.98 Å². The van der Waals surface area contributed by atoms with Gasteiger partial charge in [-0.05, 0) is 19.1 Å². The molecule has 0 bridgehead atoms. The Bertz CT molecular complexity index is 609. The number of benzene rings is 1. The third-order valence-corrected chi connectivity index (χ3v) is 4.89. The van der Waals surface area contributed by atoms with Crippen molar-refractivity contribution < 1.29 is 14.3 Å². The van der Waals surface area contributed by atoms with Gasteiger partial charge in [0, 0.05) is 6.04 Å². The number of carbonyl (C=O) groups excluding carboxylic acids is 2. The zero-order chi connectivity index (χ0) is 15.2. The van der Waals surface area contributed by atoms with Gasteiger partial charge >= 0.3 is 5.97 Å². The van der Waals surface area contributed by atoms with Crippen LogP contribution in [0.15, 0.2) is 28.6 Å². The Labute approximate surface area is 131 Å². The first-order valence-electron chi connectivity index (χ1n) is 6.43. The van der Waals surface area contributed by atoms with Crippen molar-refractivity contribution in [2.45, 2.75) is 23.7 Å². The molecule has 1 unspecified atom stereocenters. The van der Waals surface area contributed by atoms with Crippen LogP contribution in [-0.4, -0.2) is 35.8 Å². The number of esters is 1. The Hall–Kier alpha value is -1.60. The van der Waals surface area contributed by atoms with Gasteiger partial charge < -0.3 is 10.1 Å². The van der Waals surface area contributed by atoms with Crippen LogP contribution < -0.4 is 5.32 Å². The summed E-state index contributed by atoms with van der Waals surface area (Å²) in [6.07, 6.45) is 0.175. The van der Waals surface area contributed by atoms with Crippen LogP contribution in [0.2, 0.25) is 0 Å². The van der Waals surface area contributed by atoms with Gasteiger partial charge in [-0.1, -0.05) is 23.9 Å². The van der Waals surface area contributed by atoms with Crippen LogP contribution in [0, 0.1) is 0 Å². The summed E-state index contributed by atoms with van der Waals surface area (Å²) in [7, 11) is 1.33. The zero-order valence-corrected chi connectivity index (χ0v) is 13.4. The van der Waals surface area contributed by atoms with Gasteiger partial charge in [0.1, 0.15) is 0 Å². The molecule has 0 aliphatic rings. The van der Waals surface area contributed by atoms with Crippen LogP contribution in [0.25, 0.3) is 10.2 Å². The largest absolute Gasteiger partial charge is 0.469 e. The fourth-order valence-electron chi connectivity index (χ4n) is 1.74. The van der Waals surface area contributed by atoms with Crippen LogP contribution in [0.1, 0.15) is 13.3 Å². The smallest absolute Gasteiger partial charge is 0.307 e. The number of aromatic nitrogens is 1. The normalized spacial score (nSPS) is 12.1. The first-order valence-corrected chi connectivity index (χ1v) is 8.23. The predicted molar refractivity (Wildman–Crippen MR) is 84.6 cm³/mol. The number of thiazole rings is 1. The van der Waals surface area contributed by atoms with Gasteiger partial charge in [0.2, 0.25) is 5.91 Å². The molecule has 1 heterocycles. The van der Waals surface area contributed by atoms with Crippen LogP contribution in [-0.2, 0) is 14.3 Å². The lowest BCUT2D eigenvalue weighted by molar-refractivity contribution is -0.141. The minimum absolute atomic E-state index is 0.115. The number of para-hydroxylation sites is 1. The molecule has 5 nitrogen and oxygen atoms in total. The topological polar surface area (TPSA) is 68.3 Å². The predicted octanol–water partition coefficient (Wildman–Crippen LogP) is 2.46. The Balaban J connectivity index is 1.82. The molecule has 0 saturated heterocycles. The molecular formula is C14H16N2O3S2. The highest BCUT2D eigenvalue weighted by atomic mass is 32.2. The average Bonchev–Trinajstić information content (AvgIpc) is 2.87. The fraction of sp³-hybridized carbons (Fsp3) is 0.357. The number of nitrogens with zero attached hydrogens (tertiary/aromatic N) is 1. The second-order valence-electron chi connectivity index (χ2n) is 4.48. The Morgan fingerprint density at radius 1 is 1.43 bits per heavy atom. The number of fused-ring (bicyclic) bond motifs is 1. The van der Waals surface area contributed by atoms with Crippen molar-refractivity contribution in [3.05, 3.63) is 24.3 Å². The first kappa shape index (κ1) is 15.8. The maximum atomic E-state index is 11.8. The monoisotopic (exact) mass is 324 g/mol. The quantitative estimate of drug-likeness (QED) is 0.653. The molecule has 1 N–H and O–H groups in total. The van der Waals surface area contributed by atoms with E-state index in [0.29, 0.717) is 0 Å². The van der Waals surface area contributed by atoms with E-state index in [-0.39, 0.29) is 30.1 Å². The zero-order valence-electron chi connectivity index (χ0n) is 11.8. The summed E-state index contributed by atoms with van der Waals surface area (Å²) in [5.74, 6) is -0.164. The van der Waals surface area contributed by atoms with E-state index in [1.165, 1.54) is 18.9 Å². The standard InChI is InChI=1S/C14H16N2O3S2/c1-9(7-13(18)19-2)15-12(17)8-20-14-16-10-5-3-4-6-11(10)21-14/h3-6,9H,7-8H2,1-2H3,(H,15,17). The molecule has 0 aliphatic heterocycles. The highest BCUT2D eigenvalue weighted by molar-refractivity contribution is 8.01. The summed E-state index contributed by atoms with van der Waals surface area (Å²) in [5, 5.41) is 2.77. The fourth-order valence-corrected chi connectivity index (χ4v) is 3.62. The second-order valence-corrected chi connectivity index (χ2v) is 6.74. The molecule has 2 rings (SSSR count). The maximum Gasteiger partial charge on any atom is 0.307 e. The van der Waals surface area contributed by atoms with Gasteiger partial charge in [0.25, 0.3) is 0 Å². The highest BCUT2D eigenvalue weighted by Crippen LogP contribution is 2.28. The van der Waals surface area contributed by atoms with Gasteiger partial charge in [-0.15, -0.1) is 11.3 Å². The molecule has 0 saturated carbocycles. The number of nitrogens with one attached hydrogen (secondary N) is 1. The van der Waals surface area contributed by atoms with Gasteiger partial charge in [0.15, 0.2) is 4.34 Å². The van der Waals surface area contributed by atoms with Crippen molar-refractivity contribution in [3.8, 4) is 0 Å². The van der Waals surface area contributed by atoms with Crippen molar-refractivity contribution in [2.75, 3.05) is 12.9 Å². The minimum atomic E-state index is -0.332. The van der Waals surface area contributed by atoms with Crippen molar-refractivity contribution >= 4 is 45.2 Å². The van der Waals surface area contributed by atoms with Crippen LogP contribution in [0.3, 0.4) is 0 Å². The van der Waals surface area contributed by atoms with Crippen molar-refractivity contribution in [2.24, 2.45) is 0 Å². The van der Waals surface area contributed by atoms with Gasteiger partial charge in [0.05, 0.1) is 29.5 Å². The van der Waals surface area contributed by atoms with E-state index >= 15 is 0 Å². The molecule has 1 atom stereocenters. The van der Waals surface area contributed by atoms with Crippen molar-refractivity contribution in [1.82, 2.24) is 10.3 Å². The Kier molecular flexibility index (Phi) is 5.58. The molecule has 1 aromatic carbocycles. The van der Waals surface area contributed by atoms with E-state index in [2.05, 4.69) is 15.0 Å². The lowest BCUT2D eigenvalue weighted by Crippen LogP contribution is -2.35. The summed E-state index contributed by atoms with van der Waals surface area (Å²) in [4.78, 5) is 27.4. The molecule has 112 valence electrons. The molecule has 0 fully saturated rings. The van der Waals surface area contributed by atoms with Crippen molar-refractivity contribution in [3.63, 3.8) is 0 Å². The van der Waals surface area contributed by atoms with E-state index in [1.54, 1.807) is 18.3 Å². The number of ether oxygens (including phenoxy) is 1. The summed E-state index contributed by atoms with van der Waals surface area (Å²) in [6, 6.07) is 7.64. The number of hydrogen-bond acceptors (Lipinski definition) is 6. The molecular weight excluding hydrogens is 308 g/mol. The first-order chi connectivity index (χ1) is 10.1. The lowest BCUT2D eigenvalue weighted by Gasteiger charge is -2.11. The SMILES string of the molecule is COC(=O)CC(C)NC(=O)CSc1nc2ccccc2s1. The van der Waals surface area contributed by atoms with Crippen LogP contribution >= 0.6 is 23.1 Å². The maximum absolute atomic E-state index is 11.8. The number of hydrogen-bond donors (Lipinski definition) is 1. The van der Waals surface area contributed by atoms with Crippen molar-refractivity contribution in [1.29, 1.82) is 0 Å². The van der Waals surface area contributed by atoms with E-state index in [0.717, 1.165) is 14.6 Å². The van der Waals surface area contributed by atoms with E-state index in [4.69, 9.17) is 0 Å². The molecule has 1 amide bonds. The molecule has 2 aromatic rings. The van der Waals surface area contributed by atoms with Gasteiger partial charge in [-0.2, -0.15) is 0 Å². The van der Waals surface area contributed by atoms with Crippen LogP contribution in [0.5, 0.6) is 0 Å². The van der Waals surface area contributed by atoms with E-state index < -0.39 is 0 Å². The highest BCUT2D eigenvalue weighted by Gasteiger charge is 2.13. The number of amides is 1. The van der Waals surface area contributed by atoms with E-state index in [9.17, 15) is 9.59 Å². The molecule has 0 spiro atoms. The molecule has 0 aliphatic carbocycles. The summed E-state index contributed by atoms with van der Waals surface area (Å²) in [5.41, 5.74) is 0.949. The number of rotatable bonds is 6. The number of methoxy groups -OCH3 is 1. The molecule has 1 aromatic heterocycles. The minimum Gasteiger partial charge on any atom is -0.469 e. The Morgan fingerprint density at radius 2 is 2.19 bits per heavy atom. The molecule has 0 radical (unpaired) electrons. The third-order valence-electron chi connectivity index (χ3n) is 2.71. The van der Waals surface area contributed by atoms with Gasteiger partial charge in [-0.3, -0.25) is 9.59 Å².